The van der Waals surface area contributed by atoms with Gasteiger partial charge >= 0.3 is 0 Å². The average Bonchev–Trinajstić information content (AvgIpc) is 2.97. The van der Waals surface area contributed by atoms with E-state index >= 15 is 0 Å². The third kappa shape index (κ3) is 3.92. The zero-order chi connectivity index (χ0) is 12.1. The Morgan fingerprint density at radius 3 is 2.65 bits per heavy atom. The number of aliphatic hydroxyl groups is 1. The molecule has 0 aliphatic heterocycles. The molecule has 0 amide bonds. The topological polar surface area (TPSA) is 32.3 Å². The fourth-order valence-corrected chi connectivity index (χ4v) is 3.24. The molecule has 0 saturated carbocycles. The van der Waals surface area contributed by atoms with Crippen molar-refractivity contribution in [2.45, 2.75) is 25.5 Å². The summed E-state index contributed by atoms with van der Waals surface area (Å²) in [5.74, 6) is 0. The molecule has 0 fully saturated rings. The van der Waals surface area contributed by atoms with Crippen LogP contribution >= 0.6 is 22.7 Å². The predicted octanol–water partition coefficient (Wildman–Crippen LogP) is 3.06. The highest BCUT2D eigenvalue weighted by molar-refractivity contribution is 7.10. The van der Waals surface area contributed by atoms with Gasteiger partial charge in [0.1, 0.15) is 6.10 Å². The van der Waals surface area contributed by atoms with Crippen LogP contribution in [0, 0.1) is 0 Å². The Morgan fingerprint density at radius 2 is 2.00 bits per heavy atom. The van der Waals surface area contributed by atoms with Gasteiger partial charge in [-0.1, -0.05) is 12.1 Å². The Labute approximate surface area is 110 Å². The lowest BCUT2D eigenvalue weighted by molar-refractivity contribution is 0.174. The average molecular weight is 267 g/mol. The molecule has 2 N–H and O–H groups in total. The van der Waals surface area contributed by atoms with Crippen LogP contribution in [0.5, 0.6) is 0 Å². The third-order valence-corrected chi connectivity index (χ3v) is 4.49. The van der Waals surface area contributed by atoms with Crippen LogP contribution in [0.4, 0.5) is 0 Å². The molecule has 0 radical (unpaired) electrons. The van der Waals surface area contributed by atoms with Gasteiger partial charge in [-0.05, 0) is 36.2 Å². The zero-order valence-electron chi connectivity index (χ0n) is 9.80. The van der Waals surface area contributed by atoms with Gasteiger partial charge < -0.3 is 10.4 Å². The molecule has 0 aromatic carbocycles. The van der Waals surface area contributed by atoms with Crippen molar-refractivity contribution >= 4 is 22.7 Å². The molecular formula is C13H17NOS2. The van der Waals surface area contributed by atoms with Gasteiger partial charge in [-0.15, -0.1) is 22.7 Å². The highest BCUT2D eigenvalue weighted by Crippen LogP contribution is 2.18. The van der Waals surface area contributed by atoms with E-state index in [1.54, 1.807) is 22.7 Å². The van der Waals surface area contributed by atoms with E-state index in [2.05, 4.69) is 29.8 Å². The number of rotatable bonds is 6. The smallest absolute Gasteiger partial charge is 0.101 e. The largest absolute Gasteiger partial charge is 0.386 e. The van der Waals surface area contributed by atoms with Crippen molar-refractivity contribution in [1.29, 1.82) is 0 Å². The molecule has 92 valence electrons. The Morgan fingerprint density at radius 1 is 1.24 bits per heavy atom. The number of nitrogens with one attached hydrogen (secondary N) is 1. The van der Waals surface area contributed by atoms with Gasteiger partial charge in [-0.2, -0.15) is 0 Å². The van der Waals surface area contributed by atoms with Gasteiger partial charge in [0.2, 0.25) is 0 Å². The minimum atomic E-state index is -0.388. The van der Waals surface area contributed by atoms with Crippen molar-refractivity contribution in [3.05, 3.63) is 44.8 Å². The van der Waals surface area contributed by atoms with Gasteiger partial charge in [-0.3, -0.25) is 0 Å². The maximum absolute atomic E-state index is 9.93. The van der Waals surface area contributed by atoms with Gasteiger partial charge in [0, 0.05) is 22.3 Å². The van der Waals surface area contributed by atoms with Crippen LogP contribution < -0.4 is 5.32 Å². The first kappa shape index (κ1) is 12.8. The lowest BCUT2D eigenvalue weighted by atomic mass is 10.2. The maximum Gasteiger partial charge on any atom is 0.101 e. The van der Waals surface area contributed by atoms with Gasteiger partial charge in [0.05, 0.1) is 0 Å². The highest BCUT2D eigenvalue weighted by Gasteiger charge is 2.10. The minimum absolute atomic E-state index is 0.388. The van der Waals surface area contributed by atoms with E-state index in [4.69, 9.17) is 0 Å². The number of hydrogen-bond donors (Lipinski definition) is 2. The van der Waals surface area contributed by atoms with Crippen molar-refractivity contribution in [3.63, 3.8) is 0 Å². The molecule has 0 bridgehead atoms. The van der Waals surface area contributed by atoms with E-state index in [9.17, 15) is 5.11 Å². The first-order valence-corrected chi connectivity index (χ1v) is 7.49. The number of aliphatic hydroxyl groups excluding tert-OH is 1. The molecule has 2 nitrogen and oxygen atoms in total. The fourth-order valence-electron chi connectivity index (χ4n) is 1.70. The Balaban J connectivity index is 1.74. The quantitative estimate of drug-likeness (QED) is 0.843. The lowest BCUT2D eigenvalue weighted by Crippen LogP contribution is -2.31. The van der Waals surface area contributed by atoms with E-state index in [1.807, 2.05) is 17.5 Å². The van der Waals surface area contributed by atoms with E-state index in [1.165, 1.54) is 4.88 Å². The summed E-state index contributed by atoms with van der Waals surface area (Å²) in [5.41, 5.74) is 0. The summed E-state index contributed by atoms with van der Waals surface area (Å²) in [6.45, 7) is 2.77. The summed E-state index contributed by atoms with van der Waals surface area (Å²) < 4.78 is 0. The molecule has 2 unspecified atom stereocenters. The first-order chi connectivity index (χ1) is 8.25. The van der Waals surface area contributed by atoms with Gasteiger partial charge in [-0.25, -0.2) is 0 Å². The second-order valence-corrected chi connectivity index (χ2v) is 6.14. The summed E-state index contributed by atoms with van der Waals surface area (Å²) in [7, 11) is 0. The van der Waals surface area contributed by atoms with Crippen LogP contribution in [-0.4, -0.2) is 17.7 Å². The fraction of sp³-hybridized carbons (Fsp3) is 0.385. The zero-order valence-corrected chi connectivity index (χ0v) is 11.4. The summed E-state index contributed by atoms with van der Waals surface area (Å²) in [6.07, 6.45) is 0.634. The SMILES string of the molecule is CC(Cc1cccs1)NCC(O)c1cccs1. The molecule has 2 heterocycles. The third-order valence-electron chi connectivity index (χ3n) is 2.62. The van der Waals surface area contributed by atoms with Crippen LogP contribution in [-0.2, 0) is 6.42 Å². The van der Waals surface area contributed by atoms with Crippen LogP contribution in [0.1, 0.15) is 22.8 Å². The maximum atomic E-state index is 9.93. The van der Waals surface area contributed by atoms with Crippen LogP contribution in [0.3, 0.4) is 0 Å². The number of thiophene rings is 2. The van der Waals surface area contributed by atoms with E-state index in [0.717, 1.165) is 11.3 Å². The second-order valence-electron chi connectivity index (χ2n) is 4.12. The molecule has 2 aromatic heterocycles. The van der Waals surface area contributed by atoms with Crippen molar-refractivity contribution < 1.29 is 5.11 Å². The summed E-state index contributed by atoms with van der Waals surface area (Å²) >= 11 is 3.38. The standard InChI is InChI=1S/C13H17NOS2/c1-10(8-11-4-2-6-16-11)14-9-12(15)13-5-3-7-17-13/h2-7,10,12,14-15H,8-9H2,1H3. The molecule has 0 saturated heterocycles. The van der Waals surface area contributed by atoms with E-state index < -0.39 is 0 Å². The second kappa shape index (κ2) is 6.31. The van der Waals surface area contributed by atoms with E-state index in [0.29, 0.717) is 12.6 Å². The molecule has 2 atom stereocenters. The molecule has 2 aromatic rings. The van der Waals surface area contributed by atoms with Crippen molar-refractivity contribution in [2.24, 2.45) is 0 Å². The summed E-state index contributed by atoms with van der Waals surface area (Å²) in [6, 6.07) is 8.56. The Kier molecular flexibility index (Phi) is 4.74. The minimum Gasteiger partial charge on any atom is -0.386 e. The monoisotopic (exact) mass is 267 g/mol. The Hall–Kier alpha value is -0.680. The molecule has 0 aliphatic carbocycles. The van der Waals surface area contributed by atoms with Crippen molar-refractivity contribution in [3.8, 4) is 0 Å². The van der Waals surface area contributed by atoms with Crippen LogP contribution in [0.2, 0.25) is 0 Å². The van der Waals surface area contributed by atoms with Crippen LogP contribution in [0.25, 0.3) is 0 Å². The normalized spacial score (nSPS) is 14.7. The molecule has 4 heteroatoms. The lowest BCUT2D eigenvalue weighted by Gasteiger charge is -2.15. The Bertz CT molecular complexity index is 411. The summed E-state index contributed by atoms with van der Waals surface area (Å²) in [4.78, 5) is 2.41. The highest BCUT2D eigenvalue weighted by atomic mass is 32.1. The number of hydrogen-bond acceptors (Lipinski definition) is 4. The van der Waals surface area contributed by atoms with Crippen LogP contribution in [0.15, 0.2) is 35.0 Å². The van der Waals surface area contributed by atoms with E-state index in [-0.39, 0.29) is 6.10 Å². The predicted molar refractivity (Wildman–Crippen MR) is 74.8 cm³/mol. The summed E-state index contributed by atoms with van der Waals surface area (Å²) in [5, 5.41) is 17.4. The molecule has 0 spiro atoms. The first-order valence-electron chi connectivity index (χ1n) is 5.73. The van der Waals surface area contributed by atoms with Crippen molar-refractivity contribution in [2.75, 3.05) is 6.54 Å². The van der Waals surface area contributed by atoms with Crippen molar-refractivity contribution in [1.82, 2.24) is 5.32 Å². The molecule has 2 rings (SSSR count). The molecule has 0 aliphatic rings. The molecular weight excluding hydrogens is 250 g/mol. The van der Waals surface area contributed by atoms with Gasteiger partial charge in [0.15, 0.2) is 0 Å². The molecule has 17 heavy (non-hydrogen) atoms. The van der Waals surface area contributed by atoms with Gasteiger partial charge in [0.25, 0.3) is 0 Å².